The Bertz CT molecular complexity index is 1100. The van der Waals surface area contributed by atoms with Gasteiger partial charge >= 0.3 is 26.5 Å². The molecule has 0 aliphatic heterocycles. The summed E-state index contributed by atoms with van der Waals surface area (Å²) in [6, 6.07) is 3.48. The fourth-order valence-electron chi connectivity index (χ4n) is 1.59. The zero-order valence-electron chi connectivity index (χ0n) is 13.9. The summed E-state index contributed by atoms with van der Waals surface area (Å²) >= 11 is 0. The number of rotatable bonds is 9. The predicted molar refractivity (Wildman–Crippen MR) is 87.8 cm³/mol. The Labute approximate surface area is 161 Å². The van der Waals surface area contributed by atoms with Gasteiger partial charge in [-0.1, -0.05) is 24.8 Å². The minimum atomic E-state index is -7.16. The lowest BCUT2D eigenvalue weighted by Gasteiger charge is -2.30. The third-order valence-corrected chi connectivity index (χ3v) is 7.28. The number of sulfonamides is 2. The molecule has 0 aliphatic carbocycles. The molecule has 0 spiro atoms. The van der Waals surface area contributed by atoms with Crippen molar-refractivity contribution < 1.29 is 55.8 Å². The Morgan fingerprint density at radius 1 is 0.897 bits per heavy atom. The zero-order chi connectivity index (χ0) is 23.1. The fraction of sp³-hybridized carbons (Fsp3) is 0.333. The first-order valence-electron chi connectivity index (χ1n) is 6.75. The summed E-state index contributed by atoms with van der Waals surface area (Å²) in [5.41, 5.74) is 0.316. The van der Waals surface area contributed by atoms with Gasteiger partial charge in [-0.3, -0.25) is 0 Å². The molecule has 8 nitrogen and oxygen atoms in total. The summed E-state index contributed by atoms with van der Waals surface area (Å²) in [6.07, 6.45) is 1.17. The molecule has 1 aromatic carbocycles. The molecule has 29 heavy (non-hydrogen) atoms. The summed E-state index contributed by atoms with van der Waals surface area (Å²) in [5, 5.41) is -13.7. The molecule has 0 radical (unpaired) electrons. The summed E-state index contributed by atoms with van der Waals surface area (Å²) in [5.74, 6) is -8.15. The van der Waals surface area contributed by atoms with Crippen LogP contribution in [-0.4, -0.2) is 47.9 Å². The maximum Gasteiger partial charge on any atom is 0.450 e. The molecule has 1 N–H and O–H groups in total. The lowest BCUT2D eigenvalue weighted by Crippen LogP contribution is -2.63. The molecule has 1 aromatic rings. The molecule has 0 amide bonds. The molecule has 0 aliphatic rings. The van der Waals surface area contributed by atoms with Crippen molar-refractivity contribution in [1.29, 1.82) is 0 Å². The van der Waals surface area contributed by atoms with Crippen LogP contribution in [0.25, 0.3) is 6.08 Å². The van der Waals surface area contributed by atoms with Crippen LogP contribution in [0, 0.1) is 0 Å². The largest absolute Gasteiger partial charge is 0.450 e. The van der Waals surface area contributed by atoms with Gasteiger partial charge in [0.1, 0.15) is 5.75 Å². The van der Waals surface area contributed by atoms with E-state index < -0.39 is 52.3 Å². The van der Waals surface area contributed by atoms with Gasteiger partial charge in [-0.05, 0) is 17.7 Å². The molecule has 166 valence electrons. The topological polar surface area (TPSA) is 124 Å². The van der Waals surface area contributed by atoms with E-state index in [-0.39, 0.29) is 10.4 Å². The highest BCUT2D eigenvalue weighted by Crippen LogP contribution is 2.51. The maximum absolute atomic E-state index is 13.9. The average molecular weight is 491 g/mol. The van der Waals surface area contributed by atoms with Gasteiger partial charge in [0.05, 0.1) is 6.26 Å². The van der Waals surface area contributed by atoms with Crippen molar-refractivity contribution >= 4 is 36.2 Å². The minimum absolute atomic E-state index is 0.0519. The molecule has 0 saturated carbocycles. The number of hydrogen-bond acceptors (Lipinski definition) is 7. The van der Waals surface area contributed by atoms with Crippen molar-refractivity contribution in [2.75, 3.05) is 6.26 Å². The Morgan fingerprint density at radius 3 is 1.72 bits per heavy atom. The molecule has 17 heteroatoms. The first kappa shape index (κ1) is 25.2. The highest BCUT2D eigenvalue weighted by molar-refractivity contribution is 8.04. The third-order valence-electron chi connectivity index (χ3n) is 2.97. The molecular weight excluding hydrogens is 480 g/mol. The SMILES string of the molecule is C=Cc1ccc(OS(=O)(=O)C(F)(F)C(F)(F)C(F)(F)S(=O)(=O)NS(C)(=O)=O)cc1. The second-order valence-electron chi connectivity index (χ2n) is 5.28. The van der Waals surface area contributed by atoms with E-state index in [1.54, 1.807) is 0 Å². The van der Waals surface area contributed by atoms with Crippen molar-refractivity contribution in [3.8, 4) is 5.75 Å². The van der Waals surface area contributed by atoms with E-state index in [9.17, 15) is 51.6 Å². The molecule has 0 saturated heterocycles. The zero-order valence-corrected chi connectivity index (χ0v) is 16.4. The van der Waals surface area contributed by atoms with Crippen LogP contribution in [0.1, 0.15) is 5.56 Å². The van der Waals surface area contributed by atoms with Crippen LogP contribution < -0.4 is 8.31 Å². The molecule has 0 heterocycles. The highest BCUT2D eigenvalue weighted by Gasteiger charge is 2.83. The molecule has 0 fully saturated rings. The maximum atomic E-state index is 13.9. The van der Waals surface area contributed by atoms with Crippen molar-refractivity contribution in [3.63, 3.8) is 0 Å². The number of nitrogens with one attached hydrogen (secondary N) is 1. The normalized spacial score (nSPS) is 14.4. The van der Waals surface area contributed by atoms with Gasteiger partial charge in [0, 0.05) is 0 Å². The predicted octanol–water partition coefficient (Wildman–Crippen LogP) is 1.74. The molecule has 0 unspecified atom stereocenters. The van der Waals surface area contributed by atoms with E-state index in [0.717, 1.165) is 12.1 Å². The molecule has 1 rings (SSSR count). The Kier molecular flexibility index (Phi) is 6.46. The summed E-state index contributed by atoms with van der Waals surface area (Å²) in [6.45, 7) is 3.31. The number of halogens is 6. The first-order valence-corrected chi connectivity index (χ1v) is 11.5. The summed E-state index contributed by atoms with van der Waals surface area (Å²) < 4.78 is 153. The van der Waals surface area contributed by atoms with Crippen molar-refractivity contribution in [1.82, 2.24) is 4.13 Å². The van der Waals surface area contributed by atoms with Gasteiger partial charge in [-0.15, -0.1) is 4.13 Å². The van der Waals surface area contributed by atoms with E-state index >= 15 is 0 Å². The number of alkyl halides is 6. The van der Waals surface area contributed by atoms with Crippen LogP contribution in [0.4, 0.5) is 26.3 Å². The quantitative estimate of drug-likeness (QED) is 0.412. The third kappa shape index (κ3) is 4.67. The van der Waals surface area contributed by atoms with E-state index in [1.807, 2.05) is 0 Å². The van der Waals surface area contributed by atoms with Crippen LogP contribution in [0.2, 0.25) is 0 Å². The molecule has 0 aromatic heterocycles. The van der Waals surface area contributed by atoms with Gasteiger partial charge in [-0.25, -0.2) is 16.8 Å². The molecular formula is C12H11F6NO7S3. The van der Waals surface area contributed by atoms with Crippen molar-refractivity contribution in [2.45, 2.75) is 16.4 Å². The van der Waals surface area contributed by atoms with E-state index in [1.165, 1.54) is 6.08 Å². The number of hydrogen-bond donors (Lipinski definition) is 1. The lowest BCUT2D eigenvalue weighted by molar-refractivity contribution is -0.245. The average Bonchev–Trinajstić information content (AvgIpc) is 2.52. The minimum Gasteiger partial charge on any atom is -0.378 e. The van der Waals surface area contributed by atoms with Crippen LogP contribution in [0.3, 0.4) is 0 Å². The van der Waals surface area contributed by atoms with E-state index in [0.29, 0.717) is 17.7 Å². The van der Waals surface area contributed by atoms with Gasteiger partial charge in [0.25, 0.3) is 10.0 Å². The second-order valence-corrected chi connectivity index (χ2v) is 10.6. The van der Waals surface area contributed by atoms with Crippen molar-refractivity contribution in [2.24, 2.45) is 0 Å². The molecule has 0 bridgehead atoms. The van der Waals surface area contributed by atoms with Gasteiger partial charge < -0.3 is 4.18 Å². The lowest BCUT2D eigenvalue weighted by atomic mass is 10.2. The standard InChI is InChI=1S/C12H11F6NO7S3/c1-3-8-4-6-9(7-5-8)26-29(24,25)12(17,18)10(13,14)11(15,16)28(22,23)19-27(2,20)21/h3-7,19H,1H2,2H3. The van der Waals surface area contributed by atoms with Crippen LogP contribution in [0.15, 0.2) is 30.8 Å². The number of benzene rings is 1. The van der Waals surface area contributed by atoms with E-state index in [4.69, 9.17) is 0 Å². The smallest absolute Gasteiger partial charge is 0.378 e. The Hall–Kier alpha value is -1.85. The van der Waals surface area contributed by atoms with Gasteiger partial charge in [-0.2, -0.15) is 34.8 Å². The van der Waals surface area contributed by atoms with Crippen molar-refractivity contribution in [3.05, 3.63) is 36.4 Å². The summed E-state index contributed by atoms with van der Waals surface area (Å²) in [7, 11) is -19.1. The monoisotopic (exact) mass is 491 g/mol. The van der Waals surface area contributed by atoms with Gasteiger partial charge in [0.2, 0.25) is 10.0 Å². The van der Waals surface area contributed by atoms with Crippen LogP contribution >= 0.6 is 0 Å². The van der Waals surface area contributed by atoms with Gasteiger partial charge in [0.15, 0.2) is 0 Å². The first-order chi connectivity index (χ1) is 12.7. The van der Waals surface area contributed by atoms with E-state index in [2.05, 4.69) is 10.8 Å². The molecule has 0 atom stereocenters. The van der Waals surface area contributed by atoms with Crippen LogP contribution in [0.5, 0.6) is 5.75 Å². The second kappa shape index (κ2) is 7.44. The summed E-state index contributed by atoms with van der Waals surface area (Å²) in [4.78, 5) is 0. The Morgan fingerprint density at radius 2 is 1.34 bits per heavy atom. The fourth-order valence-corrected chi connectivity index (χ4v) is 5.04. The Balaban J connectivity index is 3.43. The van der Waals surface area contributed by atoms with Crippen LogP contribution in [-0.2, 0) is 30.2 Å². The highest BCUT2D eigenvalue weighted by atomic mass is 32.3.